The molecule has 0 unspecified atom stereocenters. The van der Waals surface area contributed by atoms with Crippen LogP contribution in [0.4, 0.5) is 0 Å². The predicted octanol–water partition coefficient (Wildman–Crippen LogP) is 0.896. The van der Waals surface area contributed by atoms with Gasteiger partial charge in [0.05, 0.1) is 6.54 Å². The predicted molar refractivity (Wildman–Crippen MR) is 55.4 cm³/mol. The number of hydrogen-bond donors (Lipinski definition) is 1. The fourth-order valence-electron chi connectivity index (χ4n) is 1.08. The lowest BCUT2D eigenvalue weighted by Crippen LogP contribution is -2.40. The molecule has 0 aliphatic rings. The van der Waals surface area contributed by atoms with Gasteiger partial charge in [0.2, 0.25) is 0 Å². The lowest BCUT2D eigenvalue weighted by atomic mass is 10.2. The molecule has 0 aromatic heterocycles. The monoisotopic (exact) mass is 188 g/mol. The van der Waals surface area contributed by atoms with E-state index in [9.17, 15) is 4.79 Å². The van der Waals surface area contributed by atoms with E-state index in [2.05, 4.69) is 11.3 Å². The van der Waals surface area contributed by atoms with Gasteiger partial charge < -0.3 is 0 Å². The van der Waals surface area contributed by atoms with Gasteiger partial charge in [0.25, 0.3) is 5.91 Å². The van der Waals surface area contributed by atoms with Crippen LogP contribution in [-0.2, 0) is 0 Å². The Morgan fingerprint density at radius 3 is 2.64 bits per heavy atom. The van der Waals surface area contributed by atoms with Gasteiger partial charge in [-0.2, -0.15) is 0 Å². The zero-order valence-electron chi connectivity index (χ0n) is 8.03. The first kappa shape index (κ1) is 10.3. The Labute approximate surface area is 83.7 Å². The molecule has 14 heavy (non-hydrogen) atoms. The number of nitrogens with one attached hydrogen (secondary N) is 1. The molecule has 1 rings (SSSR count). The highest BCUT2D eigenvalue weighted by Gasteiger charge is 2.11. The summed E-state index contributed by atoms with van der Waals surface area (Å²) in [5, 5.41) is 1.38. The fraction of sp³-hybridized carbons (Fsp3) is 0.182. The maximum atomic E-state index is 11.7. The molecule has 0 heterocycles. The normalized spacial score (nSPS) is 9.14. The van der Waals surface area contributed by atoms with Crippen LogP contribution in [0.1, 0.15) is 10.4 Å². The highest BCUT2D eigenvalue weighted by Crippen LogP contribution is 2.01. The molecule has 1 aromatic carbocycles. The van der Waals surface area contributed by atoms with E-state index in [0.29, 0.717) is 5.56 Å². The van der Waals surface area contributed by atoms with E-state index in [0.717, 1.165) is 0 Å². The Bertz CT molecular complexity index is 340. The average molecular weight is 188 g/mol. The van der Waals surface area contributed by atoms with Crippen molar-refractivity contribution < 1.29 is 4.79 Å². The Hall–Kier alpha value is -1.79. The topological polar surface area (TPSA) is 32.3 Å². The number of amides is 1. The first-order valence-corrected chi connectivity index (χ1v) is 4.27. The molecule has 0 fully saturated rings. The smallest absolute Gasteiger partial charge is 0.268 e. The summed E-state index contributed by atoms with van der Waals surface area (Å²) in [6.07, 6.45) is 5.14. The van der Waals surface area contributed by atoms with Crippen molar-refractivity contribution >= 4 is 5.91 Å². The van der Waals surface area contributed by atoms with Gasteiger partial charge in [-0.3, -0.25) is 9.80 Å². The summed E-state index contributed by atoms with van der Waals surface area (Å²) >= 11 is 0. The molecule has 3 nitrogen and oxygen atoms in total. The van der Waals surface area contributed by atoms with Crippen LogP contribution in [0.15, 0.2) is 30.3 Å². The molecule has 1 amide bonds. The highest BCUT2D eigenvalue weighted by molar-refractivity contribution is 5.93. The molecule has 0 atom stereocenters. The van der Waals surface area contributed by atoms with Crippen LogP contribution in [0.2, 0.25) is 0 Å². The quantitative estimate of drug-likeness (QED) is 0.564. The van der Waals surface area contributed by atoms with Crippen LogP contribution in [0.3, 0.4) is 0 Å². The second-order valence-corrected chi connectivity index (χ2v) is 2.69. The minimum atomic E-state index is -0.119. The molecular weight excluding hydrogens is 176 g/mol. The van der Waals surface area contributed by atoms with E-state index < -0.39 is 0 Å². The van der Waals surface area contributed by atoms with Crippen LogP contribution in [0, 0.1) is 12.3 Å². The maximum absolute atomic E-state index is 11.7. The number of carbonyl (C=O) groups is 1. The van der Waals surface area contributed by atoms with Gasteiger partial charge in [-0.25, -0.2) is 5.43 Å². The molecule has 0 bridgehead atoms. The summed E-state index contributed by atoms with van der Waals surface area (Å²) in [6, 6.07) is 9.00. The van der Waals surface area contributed by atoms with Gasteiger partial charge in [0.15, 0.2) is 0 Å². The van der Waals surface area contributed by atoms with Crippen LogP contribution in [0.25, 0.3) is 0 Å². The molecule has 0 radical (unpaired) electrons. The second kappa shape index (κ2) is 5.05. The van der Waals surface area contributed by atoms with Crippen LogP contribution in [0.5, 0.6) is 0 Å². The minimum Gasteiger partial charge on any atom is -0.268 e. The van der Waals surface area contributed by atoms with E-state index in [-0.39, 0.29) is 12.5 Å². The van der Waals surface area contributed by atoms with Crippen molar-refractivity contribution in [3.8, 4) is 12.3 Å². The fourth-order valence-corrected chi connectivity index (χ4v) is 1.08. The molecule has 3 heteroatoms. The second-order valence-electron chi connectivity index (χ2n) is 2.69. The van der Waals surface area contributed by atoms with E-state index in [1.165, 1.54) is 5.01 Å². The number of hydrazine groups is 1. The summed E-state index contributed by atoms with van der Waals surface area (Å²) < 4.78 is 0. The maximum Gasteiger partial charge on any atom is 0.268 e. The summed E-state index contributed by atoms with van der Waals surface area (Å²) in [5.74, 6) is 2.29. The first-order chi connectivity index (χ1) is 6.79. The van der Waals surface area contributed by atoms with Crippen LogP contribution in [-0.4, -0.2) is 24.5 Å². The van der Waals surface area contributed by atoms with Crippen molar-refractivity contribution in [2.45, 2.75) is 0 Å². The zero-order valence-corrected chi connectivity index (χ0v) is 8.03. The zero-order chi connectivity index (χ0) is 10.4. The lowest BCUT2D eigenvalue weighted by Gasteiger charge is -2.18. The molecule has 1 aromatic rings. The number of rotatable bonds is 3. The van der Waals surface area contributed by atoms with E-state index in [1.807, 2.05) is 18.2 Å². The minimum absolute atomic E-state index is 0.119. The first-order valence-electron chi connectivity index (χ1n) is 4.27. The molecule has 0 saturated heterocycles. The third-order valence-electron chi connectivity index (χ3n) is 1.79. The summed E-state index contributed by atoms with van der Waals surface area (Å²) in [4.78, 5) is 11.7. The van der Waals surface area contributed by atoms with Crippen molar-refractivity contribution in [3.05, 3.63) is 35.9 Å². The van der Waals surface area contributed by atoms with Crippen molar-refractivity contribution in [2.24, 2.45) is 0 Å². The Balaban J connectivity index is 2.79. The standard InChI is InChI=1S/C11H12N2O/c1-3-9-13(12-2)11(14)10-7-5-4-6-8-10/h1,4-8,12H,9H2,2H3. The molecule has 0 aliphatic heterocycles. The molecule has 0 saturated carbocycles. The average Bonchev–Trinajstić information content (AvgIpc) is 2.26. The van der Waals surface area contributed by atoms with E-state index in [1.54, 1.807) is 19.2 Å². The van der Waals surface area contributed by atoms with Crippen molar-refractivity contribution in [1.82, 2.24) is 10.4 Å². The molecule has 72 valence electrons. The van der Waals surface area contributed by atoms with Gasteiger partial charge in [-0.1, -0.05) is 24.1 Å². The third kappa shape index (κ3) is 2.35. The summed E-state index contributed by atoms with van der Waals surface area (Å²) in [5.41, 5.74) is 3.36. The SMILES string of the molecule is C#CCN(NC)C(=O)c1ccccc1. The molecular formula is C11H12N2O. The number of terminal acetylenes is 1. The van der Waals surface area contributed by atoms with Crippen molar-refractivity contribution in [3.63, 3.8) is 0 Å². The molecule has 1 N–H and O–H groups in total. The van der Waals surface area contributed by atoms with Gasteiger partial charge >= 0.3 is 0 Å². The summed E-state index contributed by atoms with van der Waals surface area (Å²) in [6.45, 7) is 0.254. The highest BCUT2D eigenvalue weighted by atomic mass is 16.2. The van der Waals surface area contributed by atoms with Crippen LogP contribution >= 0.6 is 0 Å². The third-order valence-corrected chi connectivity index (χ3v) is 1.79. The Morgan fingerprint density at radius 1 is 1.50 bits per heavy atom. The van der Waals surface area contributed by atoms with Gasteiger partial charge in [0.1, 0.15) is 0 Å². The van der Waals surface area contributed by atoms with Crippen LogP contribution < -0.4 is 5.43 Å². The summed E-state index contributed by atoms with van der Waals surface area (Å²) in [7, 11) is 1.66. The van der Waals surface area contributed by atoms with E-state index >= 15 is 0 Å². The number of nitrogens with zero attached hydrogens (tertiary/aromatic N) is 1. The number of hydrogen-bond acceptors (Lipinski definition) is 2. The molecule has 0 spiro atoms. The van der Waals surface area contributed by atoms with E-state index in [4.69, 9.17) is 6.42 Å². The molecule has 0 aliphatic carbocycles. The van der Waals surface area contributed by atoms with Crippen molar-refractivity contribution in [2.75, 3.05) is 13.6 Å². The lowest BCUT2D eigenvalue weighted by molar-refractivity contribution is 0.0710. The van der Waals surface area contributed by atoms with Gasteiger partial charge in [-0.15, -0.1) is 6.42 Å². The largest absolute Gasteiger partial charge is 0.268 e. The Morgan fingerprint density at radius 2 is 2.14 bits per heavy atom. The number of benzene rings is 1. The number of carbonyl (C=O) groups excluding carboxylic acids is 1. The van der Waals surface area contributed by atoms with Crippen molar-refractivity contribution in [1.29, 1.82) is 0 Å². The van der Waals surface area contributed by atoms with Gasteiger partial charge in [-0.05, 0) is 12.1 Å². The van der Waals surface area contributed by atoms with Gasteiger partial charge in [0, 0.05) is 12.6 Å². The Kier molecular flexibility index (Phi) is 3.71.